The van der Waals surface area contributed by atoms with E-state index in [0.29, 0.717) is 0 Å². The minimum atomic E-state index is 1.24. The molecule has 0 aromatic heterocycles. The third kappa shape index (κ3) is 15.7. The maximum Gasteiger partial charge on any atom is 0.0367 e. The van der Waals surface area contributed by atoms with E-state index in [1.54, 1.807) is 0 Å². The highest BCUT2D eigenvalue weighted by Gasteiger charge is 2.11. The summed E-state index contributed by atoms with van der Waals surface area (Å²) in [5.74, 6) is 0. The summed E-state index contributed by atoms with van der Waals surface area (Å²) in [7, 11) is 0. The van der Waals surface area contributed by atoms with Crippen LogP contribution in [0.1, 0.15) is 180 Å². The predicted octanol–water partition coefficient (Wildman–Crippen LogP) is 12.2. The van der Waals surface area contributed by atoms with Crippen molar-refractivity contribution in [3.63, 3.8) is 0 Å². The molecule has 4 aliphatic heterocycles. The standard InChI is InChI=1S/C38H68N2/c1-2-6-10-14-18-22-26-34-40-36-28-24-20-16-12-8-4-3-7-11-15-19-23-27-35-39(33-25-21-17-13-9-5-1)37-29-31-38(40)32-30-37/h29-32H,1-28,33-36H2. The number of hydrogen-bond acceptors (Lipinski definition) is 2. The summed E-state index contributed by atoms with van der Waals surface area (Å²) >= 11 is 0. The van der Waals surface area contributed by atoms with Crippen LogP contribution in [0.2, 0.25) is 0 Å². The normalized spacial score (nSPS) is 22.7. The number of anilines is 2. The van der Waals surface area contributed by atoms with Crippen LogP contribution in [-0.4, -0.2) is 26.2 Å². The van der Waals surface area contributed by atoms with Crippen molar-refractivity contribution in [1.29, 1.82) is 0 Å². The summed E-state index contributed by atoms with van der Waals surface area (Å²) < 4.78 is 0. The number of benzene rings is 1. The highest BCUT2D eigenvalue weighted by molar-refractivity contribution is 5.56. The summed E-state index contributed by atoms with van der Waals surface area (Å²) in [4.78, 5) is 5.46. The Morgan fingerprint density at radius 1 is 0.225 bits per heavy atom. The van der Waals surface area contributed by atoms with Crippen molar-refractivity contribution in [3.05, 3.63) is 24.3 Å². The zero-order chi connectivity index (χ0) is 27.8. The van der Waals surface area contributed by atoms with Gasteiger partial charge in [0.1, 0.15) is 0 Å². The van der Waals surface area contributed by atoms with E-state index in [9.17, 15) is 0 Å². The molecule has 0 atom stereocenters. The van der Waals surface area contributed by atoms with Gasteiger partial charge in [0, 0.05) is 37.6 Å². The van der Waals surface area contributed by atoms with Gasteiger partial charge >= 0.3 is 0 Å². The van der Waals surface area contributed by atoms with Crippen molar-refractivity contribution in [3.8, 4) is 0 Å². The van der Waals surface area contributed by atoms with E-state index in [1.807, 2.05) is 0 Å². The van der Waals surface area contributed by atoms with Gasteiger partial charge in [-0.05, 0) is 49.9 Å². The van der Waals surface area contributed by atoms with Crippen LogP contribution in [0, 0.1) is 0 Å². The van der Waals surface area contributed by atoms with Gasteiger partial charge in [-0.1, -0.05) is 154 Å². The van der Waals surface area contributed by atoms with Crippen LogP contribution in [0.4, 0.5) is 11.4 Å². The Morgan fingerprint density at radius 2 is 0.375 bits per heavy atom. The molecule has 2 nitrogen and oxygen atoms in total. The third-order valence-electron chi connectivity index (χ3n) is 9.79. The summed E-state index contributed by atoms with van der Waals surface area (Å²) in [6.07, 6.45) is 40.2. The predicted molar refractivity (Wildman–Crippen MR) is 180 cm³/mol. The zero-order valence-corrected chi connectivity index (χ0v) is 26.8. The fraction of sp³-hybridized carbons (Fsp3) is 0.842. The van der Waals surface area contributed by atoms with Gasteiger partial charge in [0.15, 0.2) is 0 Å². The van der Waals surface area contributed by atoms with E-state index < -0.39 is 0 Å². The molecule has 0 unspecified atom stereocenters. The van der Waals surface area contributed by atoms with Gasteiger partial charge < -0.3 is 9.80 Å². The third-order valence-corrected chi connectivity index (χ3v) is 9.79. The summed E-state index contributed by atoms with van der Waals surface area (Å²) in [5.41, 5.74) is 2.93. The Morgan fingerprint density at radius 3 is 0.550 bits per heavy atom. The van der Waals surface area contributed by atoms with Gasteiger partial charge in [-0.15, -0.1) is 0 Å². The molecule has 230 valence electrons. The quantitative estimate of drug-likeness (QED) is 0.316. The molecule has 0 aliphatic carbocycles. The Kier molecular flexibility index (Phi) is 19.5. The van der Waals surface area contributed by atoms with Crippen molar-refractivity contribution in [2.24, 2.45) is 0 Å². The van der Waals surface area contributed by atoms with E-state index in [0.717, 1.165) is 0 Å². The number of hydrogen-bond donors (Lipinski definition) is 0. The first-order chi connectivity index (χ1) is 19.9. The summed E-state index contributed by atoms with van der Waals surface area (Å²) in [5, 5.41) is 0. The van der Waals surface area contributed by atoms with Crippen LogP contribution >= 0.6 is 0 Å². The fourth-order valence-electron chi connectivity index (χ4n) is 7.07. The molecule has 0 fully saturated rings. The molecule has 0 N–H and O–H groups in total. The van der Waals surface area contributed by atoms with E-state index in [4.69, 9.17) is 0 Å². The highest BCUT2D eigenvalue weighted by Crippen LogP contribution is 2.24. The lowest BCUT2D eigenvalue weighted by Gasteiger charge is -2.28. The molecular weight excluding hydrogens is 484 g/mol. The average molecular weight is 553 g/mol. The van der Waals surface area contributed by atoms with Crippen molar-refractivity contribution in [1.82, 2.24) is 0 Å². The maximum atomic E-state index is 2.73. The molecule has 4 heterocycles. The van der Waals surface area contributed by atoms with Crippen LogP contribution in [0.5, 0.6) is 0 Å². The van der Waals surface area contributed by atoms with Gasteiger partial charge in [0.05, 0.1) is 0 Å². The van der Waals surface area contributed by atoms with Gasteiger partial charge in [-0.25, -0.2) is 0 Å². The first-order valence-electron chi connectivity index (χ1n) is 18.5. The molecule has 1 aromatic rings. The van der Waals surface area contributed by atoms with E-state index in [2.05, 4.69) is 34.1 Å². The van der Waals surface area contributed by atoms with Gasteiger partial charge in [-0.3, -0.25) is 0 Å². The van der Waals surface area contributed by atoms with Crippen LogP contribution in [0.3, 0.4) is 0 Å². The smallest absolute Gasteiger partial charge is 0.0367 e. The van der Waals surface area contributed by atoms with Crippen LogP contribution in [0.25, 0.3) is 0 Å². The second kappa shape index (κ2) is 23.4. The topological polar surface area (TPSA) is 6.48 Å². The van der Waals surface area contributed by atoms with E-state index in [-0.39, 0.29) is 0 Å². The molecule has 0 saturated heterocycles. The van der Waals surface area contributed by atoms with E-state index in [1.165, 1.54) is 217 Å². The minimum Gasteiger partial charge on any atom is -0.372 e. The van der Waals surface area contributed by atoms with Crippen molar-refractivity contribution in [2.75, 3.05) is 36.0 Å². The summed E-state index contributed by atoms with van der Waals surface area (Å²) in [6.45, 7) is 4.96. The Hall–Kier alpha value is -1.18. The Bertz CT molecular complexity index is 588. The second-order valence-electron chi connectivity index (χ2n) is 13.4. The largest absolute Gasteiger partial charge is 0.372 e. The molecule has 0 saturated carbocycles. The monoisotopic (exact) mass is 553 g/mol. The average Bonchev–Trinajstić information content (AvgIpc) is 2.97. The first-order valence-corrected chi connectivity index (χ1v) is 18.5. The lowest BCUT2D eigenvalue weighted by molar-refractivity contribution is 0.522. The van der Waals surface area contributed by atoms with Gasteiger partial charge in [0.2, 0.25) is 0 Å². The maximum absolute atomic E-state index is 2.73. The Balaban J connectivity index is 1.63. The lowest BCUT2D eigenvalue weighted by Crippen LogP contribution is -2.27. The zero-order valence-electron chi connectivity index (χ0n) is 26.8. The van der Waals surface area contributed by atoms with Gasteiger partial charge in [0.25, 0.3) is 0 Å². The molecule has 0 amide bonds. The van der Waals surface area contributed by atoms with Crippen molar-refractivity contribution in [2.45, 2.75) is 180 Å². The van der Waals surface area contributed by atoms with Crippen molar-refractivity contribution >= 4 is 11.4 Å². The second-order valence-corrected chi connectivity index (χ2v) is 13.4. The molecular formula is C38H68N2. The summed E-state index contributed by atoms with van der Waals surface area (Å²) in [6, 6.07) is 9.83. The molecule has 40 heavy (non-hydrogen) atoms. The molecule has 2 heteroatoms. The molecule has 1 aromatic carbocycles. The first kappa shape index (κ1) is 33.3. The van der Waals surface area contributed by atoms with Crippen molar-refractivity contribution < 1.29 is 0 Å². The highest BCUT2D eigenvalue weighted by atomic mass is 15.1. The SMILES string of the molecule is c1cc2ccc1N1CCCCCCCCCCCCCCCCN2CCCCCCCCCCCCCCCC1. The van der Waals surface area contributed by atoms with Crippen LogP contribution < -0.4 is 9.80 Å². The van der Waals surface area contributed by atoms with E-state index >= 15 is 0 Å². The minimum absolute atomic E-state index is 1.24. The fourth-order valence-corrected chi connectivity index (χ4v) is 7.07. The molecule has 4 bridgehead atoms. The van der Waals surface area contributed by atoms with Crippen LogP contribution in [0.15, 0.2) is 24.3 Å². The molecule has 4 aliphatic rings. The molecule has 0 spiro atoms. The van der Waals surface area contributed by atoms with Gasteiger partial charge in [-0.2, -0.15) is 0 Å². The molecule has 5 rings (SSSR count). The number of nitrogens with zero attached hydrogens (tertiary/aromatic N) is 2. The number of fused-ring (bicyclic) bond motifs is 30. The number of rotatable bonds is 0. The molecule has 0 radical (unpaired) electrons. The Labute approximate surface area is 251 Å². The van der Waals surface area contributed by atoms with Crippen LogP contribution in [-0.2, 0) is 0 Å². The lowest BCUT2D eigenvalue weighted by atomic mass is 10.0.